The fraction of sp³-hybridized carbons (Fsp3) is 0.467. The van der Waals surface area contributed by atoms with Gasteiger partial charge in [-0.3, -0.25) is 19.7 Å². The predicted molar refractivity (Wildman–Crippen MR) is 153 cm³/mol. The molecule has 1 saturated heterocycles. The molecular formula is C30H36FN7O3. The van der Waals surface area contributed by atoms with Crippen molar-refractivity contribution in [2.24, 2.45) is 7.05 Å². The maximum absolute atomic E-state index is 15.7. The summed E-state index contributed by atoms with van der Waals surface area (Å²) in [7, 11) is 1.74. The molecule has 6 rings (SSSR count). The van der Waals surface area contributed by atoms with Crippen molar-refractivity contribution < 1.29 is 19.0 Å². The summed E-state index contributed by atoms with van der Waals surface area (Å²) >= 11 is 0. The number of aliphatic hydroxyl groups is 1. The Bertz CT molecular complexity index is 1580. The number of amides is 1. The summed E-state index contributed by atoms with van der Waals surface area (Å²) in [6.07, 6.45) is 5.96. The van der Waals surface area contributed by atoms with Crippen LogP contribution in [0.1, 0.15) is 60.3 Å². The Labute approximate surface area is 238 Å². The first-order chi connectivity index (χ1) is 19.7. The maximum atomic E-state index is 15.7. The van der Waals surface area contributed by atoms with Gasteiger partial charge in [0.1, 0.15) is 5.69 Å². The standard InChI is InChI=1S/C30H36FN7O3/c1-19-14-23(26(31)27(33-19)21-16-32-36(3)18-21)28(39)35-29-34-24-15-20(17-37-10-12-41-13-11-37)4-5-25(24)38(29)22-6-8-30(2,40)9-7-22/h4-5,14-16,18,22,40H,6-13,17H2,1-3H3,(H,34,35,39). The number of carbonyl (C=O) groups excluding carboxylic acids is 1. The van der Waals surface area contributed by atoms with Gasteiger partial charge in [-0.15, -0.1) is 0 Å². The minimum atomic E-state index is -0.706. The van der Waals surface area contributed by atoms with E-state index in [1.165, 1.54) is 12.3 Å². The summed E-state index contributed by atoms with van der Waals surface area (Å²) in [6, 6.07) is 7.71. The van der Waals surface area contributed by atoms with Crippen molar-refractivity contribution in [1.29, 1.82) is 0 Å². The number of ether oxygens (including phenoxy) is 1. The van der Waals surface area contributed by atoms with Gasteiger partial charge in [0.15, 0.2) is 5.82 Å². The zero-order valence-electron chi connectivity index (χ0n) is 23.7. The van der Waals surface area contributed by atoms with Gasteiger partial charge >= 0.3 is 0 Å². The van der Waals surface area contributed by atoms with E-state index in [2.05, 4.69) is 43.1 Å². The van der Waals surface area contributed by atoms with E-state index in [0.717, 1.165) is 62.3 Å². The molecule has 11 heteroatoms. The monoisotopic (exact) mass is 561 g/mol. The molecular weight excluding hydrogens is 525 g/mol. The fourth-order valence-corrected chi connectivity index (χ4v) is 5.93. The normalized spacial score (nSPS) is 21.8. The van der Waals surface area contributed by atoms with E-state index in [4.69, 9.17) is 9.72 Å². The van der Waals surface area contributed by atoms with Crippen molar-refractivity contribution >= 4 is 22.9 Å². The molecule has 0 spiro atoms. The van der Waals surface area contributed by atoms with E-state index in [-0.39, 0.29) is 17.3 Å². The zero-order valence-corrected chi connectivity index (χ0v) is 23.7. The molecule has 1 aromatic carbocycles. The Morgan fingerprint density at radius 3 is 2.66 bits per heavy atom. The highest BCUT2D eigenvalue weighted by atomic mass is 19.1. The molecule has 2 N–H and O–H groups in total. The lowest BCUT2D eigenvalue weighted by Crippen LogP contribution is -2.35. The second kappa shape index (κ2) is 11.0. The first-order valence-corrected chi connectivity index (χ1v) is 14.2. The Morgan fingerprint density at radius 2 is 1.95 bits per heavy atom. The third-order valence-electron chi connectivity index (χ3n) is 8.20. The molecule has 0 unspecified atom stereocenters. The maximum Gasteiger partial charge on any atom is 0.261 e. The molecule has 0 atom stereocenters. The average molecular weight is 562 g/mol. The van der Waals surface area contributed by atoms with Crippen molar-refractivity contribution in [3.8, 4) is 11.3 Å². The summed E-state index contributed by atoms with van der Waals surface area (Å²) in [6.45, 7) is 7.61. The number of benzene rings is 1. The topological polar surface area (TPSA) is 110 Å². The molecule has 2 aliphatic rings. The van der Waals surface area contributed by atoms with Crippen LogP contribution in [0.15, 0.2) is 36.7 Å². The number of carbonyl (C=O) groups is 1. The molecule has 10 nitrogen and oxygen atoms in total. The highest BCUT2D eigenvalue weighted by Gasteiger charge is 2.32. The van der Waals surface area contributed by atoms with Crippen molar-refractivity contribution in [3.05, 3.63) is 59.3 Å². The number of nitrogens with zero attached hydrogens (tertiary/aromatic N) is 6. The number of aromatic nitrogens is 5. The number of pyridine rings is 1. The Balaban J connectivity index is 1.35. The third kappa shape index (κ3) is 5.74. The number of hydrogen-bond acceptors (Lipinski definition) is 7. The van der Waals surface area contributed by atoms with Crippen LogP contribution >= 0.6 is 0 Å². The quantitative estimate of drug-likeness (QED) is 0.363. The van der Waals surface area contributed by atoms with Crippen LogP contribution in [0.5, 0.6) is 0 Å². The number of aryl methyl sites for hydroxylation is 2. The van der Waals surface area contributed by atoms with Crippen molar-refractivity contribution in [3.63, 3.8) is 0 Å². The Morgan fingerprint density at radius 1 is 1.20 bits per heavy atom. The van der Waals surface area contributed by atoms with Gasteiger partial charge in [0.05, 0.1) is 41.6 Å². The van der Waals surface area contributed by atoms with Crippen LogP contribution in [0.4, 0.5) is 10.3 Å². The van der Waals surface area contributed by atoms with Gasteiger partial charge in [-0.05, 0) is 63.3 Å². The van der Waals surface area contributed by atoms with Crippen LogP contribution in [-0.2, 0) is 18.3 Å². The van der Waals surface area contributed by atoms with Gasteiger partial charge in [-0.25, -0.2) is 14.4 Å². The zero-order chi connectivity index (χ0) is 28.7. The van der Waals surface area contributed by atoms with E-state index < -0.39 is 17.3 Å². The highest BCUT2D eigenvalue weighted by molar-refractivity contribution is 6.05. The summed E-state index contributed by atoms with van der Waals surface area (Å²) in [5, 5.41) is 17.6. The minimum absolute atomic E-state index is 0.0376. The van der Waals surface area contributed by atoms with Crippen molar-refractivity contribution in [1.82, 2.24) is 29.2 Å². The van der Waals surface area contributed by atoms with Crippen LogP contribution in [0, 0.1) is 12.7 Å². The van der Waals surface area contributed by atoms with Gasteiger partial charge in [0.2, 0.25) is 5.95 Å². The molecule has 4 aromatic rings. The molecule has 1 aliphatic carbocycles. The summed E-state index contributed by atoms with van der Waals surface area (Å²) in [5.74, 6) is -0.923. The van der Waals surface area contributed by atoms with Crippen LogP contribution in [0.25, 0.3) is 22.3 Å². The Kier molecular flexibility index (Phi) is 7.35. The number of rotatable bonds is 6. The molecule has 3 aromatic heterocycles. The van der Waals surface area contributed by atoms with E-state index in [0.29, 0.717) is 30.0 Å². The molecule has 0 bridgehead atoms. The number of nitrogens with one attached hydrogen (secondary N) is 1. The lowest BCUT2D eigenvalue weighted by molar-refractivity contribution is 0.0106. The van der Waals surface area contributed by atoms with Crippen LogP contribution in [-0.4, -0.2) is 72.1 Å². The number of halogens is 1. The minimum Gasteiger partial charge on any atom is -0.390 e. The Hall–Kier alpha value is -3.67. The fourth-order valence-electron chi connectivity index (χ4n) is 5.93. The summed E-state index contributed by atoms with van der Waals surface area (Å²) in [4.78, 5) is 25.2. The second-order valence-corrected chi connectivity index (χ2v) is 11.6. The van der Waals surface area contributed by atoms with Crippen LogP contribution in [0.3, 0.4) is 0 Å². The molecule has 1 aliphatic heterocycles. The number of hydrogen-bond donors (Lipinski definition) is 2. The molecule has 1 saturated carbocycles. The molecule has 0 radical (unpaired) electrons. The van der Waals surface area contributed by atoms with E-state index in [9.17, 15) is 9.90 Å². The molecule has 4 heterocycles. The van der Waals surface area contributed by atoms with Crippen LogP contribution in [0.2, 0.25) is 0 Å². The first-order valence-electron chi connectivity index (χ1n) is 14.2. The highest BCUT2D eigenvalue weighted by Crippen LogP contribution is 2.38. The first kappa shape index (κ1) is 27.5. The molecule has 216 valence electrons. The third-order valence-corrected chi connectivity index (χ3v) is 8.20. The number of anilines is 1. The van der Waals surface area contributed by atoms with Crippen molar-refractivity contribution in [2.75, 3.05) is 31.6 Å². The number of imidazole rings is 1. The molecule has 1 amide bonds. The smallest absolute Gasteiger partial charge is 0.261 e. The van der Waals surface area contributed by atoms with Crippen LogP contribution < -0.4 is 5.32 Å². The summed E-state index contributed by atoms with van der Waals surface area (Å²) in [5.41, 5.74) is 3.09. The average Bonchev–Trinajstić information content (AvgIpc) is 3.53. The molecule has 2 fully saturated rings. The van der Waals surface area contributed by atoms with Gasteiger partial charge in [-0.1, -0.05) is 6.07 Å². The molecule has 41 heavy (non-hydrogen) atoms. The SMILES string of the molecule is Cc1cc(C(=O)Nc2nc3cc(CN4CCOCC4)ccc3n2C2CCC(C)(O)CC2)c(F)c(-c2cnn(C)c2)n1. The van der Waals surface area contributed by atoms with Gasteiger partial charge in [0.25, 0.3) is 5.91 Å². The largest absolute Gasteiger partial charge is 0.390 e. The lowest BCUT2D eigenvalue weighted by atomic mass is 9.83. The van der Waals surface area contributed by atoms with Crippen molar-refractivity contribution in [2.45, 2.75) is 57.7 Å². The number of fused-ring (bicyclic) bond motifs is 1. The van der Waals surface area contributed by atoms with E-state index >= 15 is 4.39 Å². The van der Waals surface area contributed by atoms with Gasteiger partial charge in [-0.2, -0.15) is 5.10 Å². The number of morpholine rings is 1. The second-order valence-electron chi connectivity index (χ2n) is 11.6. The van der Waals surface area contributed by atoms with Gasteiger partial charge < -0.3 is 14.4 Å². The predicted octanol–water partition coefficient (Wildman–Crippen LogP) is 4.23. The lowest BCUT2D eigenvalue weighted by Gasteiger charge is -2.34. The van der Waals surface area contributed by atoms with Gasteiger partial charge in [0, 0.05) is 50.2 Å². The van der Waals surface area contributed by atoms with E-state index in [1.54, 1.807) is 24.9 Å². The van der Waals surface area contributed by atoms with E-state index in [1.807, 2.05) is 6.92 Å². The summed E-state index contributed by atoms with van der Waals surface area (Å²) < 4.78 is 24.8.